The molecule has 148 valence electrons. The predicted molar refractivity (Wildman–Crippen MR) is 84.0 cm³/mol. The smallest absolute Gasteiger partial charge is 0.359 e. The molecular formula is C17H27F6NO. The SMILES string of the molecule is C=CCCCC(C1COC(C)(C)N1C(C)(C)C)(C(F)(F)F)C(F)(F)F. The third-order valence-corrected chi connectivity index (χ3v) is 4.77. The van der Waals surface area contributed by atoms with Gasteiger partial charge in [-0.3, -0.25) is 4.90 Å². The van der Waals surface area contributed by atoms with Gasteiger partial charge in [0.25, 0.3) is 0 Å². The van der Waals surface area contributed by atoms with E-state index >= 15 is 0 Å². The molecule has 0 N–H and O–H groups in total. The summed E-state index contributed by atoms with van der Waals surface area (Å²) >= 11 is 0. The molecule has 0 spiro atoms. The molecule has 0 aliphatic carbocycles. The molecular weight excluding hydrogens is 348 g/mol. The van der Waals surface area contributed by atoms with E-state index in [9.17, 15) is 26.3 Å². The number of hydrogen-bond acceptors (Lipinski definition) is 2. The molecule has 1 rings (SSSR count). The van der Waals surface area contributed by atoms with Crippen LogP contribution in [-0.4, -0.2) is 41.2 Å². The third-order valence-electron chi connectivity index (χ3n) is 4.77. The van der Waals surface area contributed by atoms with Gasteiger partial charge in [-0.1, -0.05) is 6.08 Å². The fourth-order valence-corrected chi connectivity index (χ4v) is 3.95. The first-order valence-electron chi connectivity index (χ1n) is 8.20. The lowest BCUT2D eigenvalue weighted by molar-refractivity contribution is -0.361. The van der Waals surface area contributed by atoms with Crippen molar-refractivity contribution >= 4 is 0 Å². The van der Waals surface area contributed by atoms with Crippen LogP contribution in [0.25, 0.3) is 0 Å². The summed E-state index contributed by atoms with van der Waals surface area (Å²) < 4.78 is 89.0. The molecule has 0 radical (unpaired) electrons. The molecule has 0 aromatic carbocycles. The minimum atomic E-state index is -5.45. The van der Waals surface area contributed by atoms with Crippen LogP contribution in [0.3, 0.4) is 0 Å². The molecule has 8 heteroatoms. The number of alkyl halides is 6. The van der Waals surface area contributed by atoms with Crippen molar-refractivity contribution in [2.45, 2.75) is 83.5 Å². The van der Waals surface area contributed by atoms with Crippen molar-refractivity contribution in [3.8, 4) is 0 Å². The summed E-state index contributed by atoms with van der Waals surface area (Å²) in [5.74, 6) is 0. The molecule has 1 aliphatic heterocycles. The van der Waals surface area contributed by atoms with Crippen molar-refractivity contribution < 1.29 is 31.1 Å². The first-order valence-corrected chi connectivity index (χ1v) is 8.20. The predicted octanol–water partition coefficient (Wildman–Crippen LogP) is 5.69. The first-order chi connectivity index (χ1) is 11.0. The van der Waals surface area contributed by atoms with Crippen LogP contribution in [0.5, 0.6) is 0 Å². The number of rotatable bonds is 5. The Kier molecular flexibility index (Phi) is 6.02. The van der Waals surface area contributed by atoms with E-state index in [1.807, 2.05) is 0 Å². The zero-order valence-corrected chi connectivity index (χ0v) is 15.3. The van der Waals surface area contributed by atoms with E-state index in [4.69, 9.17) is 4.74 Å². The van der Waals surface area contributed by atoms with Gasteiger partial charge in [0.05, 0.1) is 12.6 Å². The van der Waals surface area contributed by atoms with Gasteiger partial charge in [-0.2, -0.15) is 26.3 Å². The Balaban J connectivity index is 3.57. The highest BCUT2D eigenvalue weighted by Gasteiger charge is 2.76. The molecule has 1 atom stereocenters. The monoisotopic (exact) mass is 375 g/mol. The Morgan fingerprint density at radius 1 is 1.08 bits per heavy atom. The number of allylic oxidation sites excluding steroid dienone is 1. The number of hydrogen-bond donors (Lipinski definition) is 0. The second-order valence-electron chi connectivity index (χ2n) is 7.96. The van der Waals surface area contributed by atoms with Crippen molar-refractivity contribution in [3.05, 3.63) is 12.7 Å². The van der Waals surface area contributed by atoms with Crippen molar-refractivity contribution in [2.24, 2.45) is 5.41 Å². The van der Waals surface area contributed by atoms with Gasteiger partial charge in [0, 0.05) is 5.54 Å². The second-order valence-corrected chi connectivity index (χ2v) is 7.96. The van der Waals surface area contributed by atoms with Crippen LogP contribution in [0.2, 0.25) is 0 Å². The van der Waals surface area contributed by atoms with Gasteiger partial charge in [-0.05, 0) is 53.9 Å². The average molecular weight is 375 g/mol. The lowest BCUT2D eigenvalue weighted by Gasteiger charge is -2.51. The molecule has 1 saturated heterocycles. The summed E-state index contributed by atoms with van der Waals surface area (Å²) in [7, 11) is 0. The molecule has 1 fully saturated rings. The fourth-order valence-electron chi connectivity index (χ4n) is 3.95. The molecule has 2 nitrogen and oxygen atoms in total. The summed E-state index contributed by atoms with van der Waals surface area (Å²) in [6.45, 7) is 10.5. The molecule has 1 unspecified atom stereocenters. The highest BCUT2D eigenvalue weighted by Crippen LogP contribution is 2.59. The average Bonchev–Trinajstić information content (AvgIpc) is 2.67. The number of halogens is 6. The largest absolute Gasteiger partial charge is 0.404 e. The summed E-state index contributed by atoms with van der Waals surface area (Å²) in [5, 5.41) is 0. The van der Waals surface area contributed by atoms with Crippen LogP contribution >= 0.6 is 0 Å². The van der Waals surface area contributed by atoms with Gasteiger partial charge in [0.15, 0.2) is 5.41 Å². The van der Waals surface area contributed by atoms with Crippen LogP contribution in [0.15, 0.2) is 12.7 Å². The van der Waals surface area contributed by atoms with Crippen LogP contribution in [0, 0.1) is 5.41 Å². The molecule has 0 aromatic rings. The van der Waals surface area contributed by atoms with Crippen LogP contribution < -0.4 is 0 Å². The Labute approximate surface area is 145 Å². The van der Waals surface area contributed by atoms with Crippen molar-refractivity contribution in [3.63, 3.8) is 0 Å². The summed E-state index contributed by atoms with van der Waals surface area (Å²) in [6.07, 6.45) is -10.8. The molecule has 0 amide bonds. The molecule has 0 bridgehead atoms. The van der Waals surface area contributed by atoms with Crippen LogP contribution in [0.4, 0.5) is 26.3 Å². The lowest BCUT2D eigenvalue weighted by atomic mass is 9.72. The van der Waals surface area contributed by atoms with Gasteiger partial charge < -0.3 is 4.74 Å². The van der Waals surface area contributed by atoms with Crippen molar-refractivity contribution in [1.82, 2.24) is 4.90 Å². The Morgan fingerprint density at radius 3 is 1.92 bits per heavy atom. The maximum atomic E-state index is 13.9. The molecule has 1 aliphatic rings. The van der Waals surface area contributed by atoms with Gasteiger partial charge in [-0.25, -0.2) is 0 Å². The van der Waals surface area contributed by atoms with Crippen molar-refractivity contribution in [1.29, 1.82) is 0 Å². The maximum absolute atomic E-state index is 13.9. The molecule has 25 heavy (non-hydrogen) atoms. The lowest BCUT2D eigenvalue weighted by Crippen LogP contribution is -2.67. The Bertz CT molecular complexity index is 461. The quantitative estimate of drug-likeness (QED) is 0.348. The Hall–Kier alpha value is -0.760. The van der Waals surface area contributed by atoms with E-state index in [0.717, 1.165) is 0 Å². The number of ether oxygens (including phenoxy) is 1. The summed E-state index contributed by atoms with van der Waals surface area (Å²) in [6, 6.07) is -1.85. The molecule has 0 saturated carbocycles. The van der Waals surface area contributed by atoms with Gasteiger partial charge in [-0.15, -0.1) is 6.58 Å². The van der Waals surface area contributed by atoms with Gasteiger partial charge in [0.2, 0.25) is 0 Å². The van der Waals surface area contributed by atoms with E-state index in [1.165, 1.54) is 24.8 Å². The van der Waals surface area contributed by atoms with Gasteiger partial charge in [0.1, 0.15) is 5.72 Å². The highest BCUT2D eigenvalue weighted by atomic mass is 19.4. The van der Waals surface area contributed by atoms with E-state index in [1.54, 1.807) is 20.8 Å². The summed E-state index contributed by atoms with van der Waals surface area (Å²) in [4.78, 5) is 1.22. The number of unbranched alkanes of at least 4 members (excludes halogenated alkanes) is 1. The topological polar surface area (TPSA) is 12.5 Å². The molecule has 1 heterocycles. The van der Waals surface area contributed by atoms with Crippen molar-refractivity contribution in [2.75, 3.05) is 6.61 Å². The van der Waals surface area contributed by atoms with Crippen LogP contribution in [-0.2, 0) is 4.74 Å². The second kappa shape index (κ2) is 6.76. The highest BCUT2D eigenvalue weighted by molar-refractivity contribution is 5.09. The van der Waals surface area contributed by atoms with E-state index in [-0.39, 0.29) is 12.8 Å². The minimum Gasteiger partial charge on any atom is -0.359 e. The van der Waals surface area contributed by atoms with Crippen LogP contribution in [0.1, 0.15) is 53.9 Å². The summed E-state index contributed by atoms with van der Waals surface area (Å²) in [5.41, 5.74) is -6.03. The maximum Gasteiger partial charge on any atom is 0.404 e. The van der Waals surface area contributed by atoms with E-state index in [0.29, 0.717) is 0 Å². The van der Waals surface area contributed by atoms with Gasteiger partial charge >= 0.3 is 12.4 Å². The Morgan fingerprint density at radius 2 is 1.56 bits per heavy atom. The standard InChI is InChI=1S/C17H27F6NO/c1-7-8-9-10-15(16(18,19)20,17(21,22)23)12-11-25-14(5,6)24(12)13(2,3)4/h7,12H,1,8-11H2,2-6H3. The van der Waals surface area contributed by atoms with E-state index in [2.05, 4.69) is 6.58 Å². The minimum absolute atomic E-state index is 0.0837. The molecule has 0 aromatic heterocycles. The first kappa shape index (κ1) is 22.3. The zero-order chi connectivity index (χ0) is 19.9. The third kappa shape index (κ3) is 3.99. The van der Waals surface area contributed by atoms with E-state index < -0.39 is 48.1 Å². The fraction of sp³-hybridized carbons (Fsp3) is 0.882. The normalized spacial score (nSPS) is 23.1. The number of nitrogens with zero attached hydrogens (tertiary/aromatic N) is 1. The zero-order valence-electron chi connectivity index (χ0n) is 15.3.